The second-order valence-corrected chi connectivity index (χ2v) is 7.49. The summed E-state index contributed by atoms with van der Waals surface area (Å²) < 4.78 is 41.7. The Morgan fingerprint density at radius 2 is 2.14 bits per heavy atom. The number of rotatable bonds is 3. The highest BCUT2D eigenvalue weighted by molar-refractivity contribution is 8.13. The first-order chi connectivity index (χ1) is 9.70. The number of carbonyl (C=O) groups is 1. The summed E-state index contributed by atoms with van der Waals surface area (Å²) in [6.07, 6.45) is 0.515. The Balaban J connectivity index is 2.35. The van der Waals surface area contributed by atoms with E-state index in [1.165, 1.54) is 6.92 Å². The summed E-state index contributed by atoms with van der Waals surface area (Å²) >= 11 is 0. The summed E-state index contributed by atoms with van der Waals surface area (Å²) in [4.78, 5) is 11.8. The van der Waals surface area contributed by atoms with Crippen LogP contribution in [0.1, 0.15) is 29.3 Å². The third-order valence-electron chi connectivity index (χ3n) is 3.52. The molecular weight excluding hydrogens is 321 g/mol. The highest BCUT2D eigenvalue weighted by Gasteiger charge is 2.28. The van der Waals surface area contributed by atoms with Gasteiger partial charge in [0, 0.05) is 22.9 Å². The van der Waals surface area contributed by atoms with Crippen LogP contribution in [0.2, 0.25) is 0 Å². The van der Waals surface area contributed by atoms with E-state index in [4.69, 9.17) is 15.4 Å². The summed E-state index contributed by atoms with van der Waals surface area (Å²) in [5.41, 5.74) is 0.0730. The highest BCUT2D eigenvalue weighted by Crippen LogP contribution is 2.24. The molecule has 1 aliphatic rings. The van der Waals surface area contributed by atoms with Gasteiger partial charge in [0.1, 0.15) is 5.82 Å². The Morgan fingerprint density at radius 3 is 2.67 bits per heavy atom. The van der Waals surface area contributed by atoms with Crippen LogP contribution in [0.5, 0.6) is 0 Å². The molecular formula is C13H15ClFNO4S. The zero-order valence-corrected chi connectivity index (χ0v) is 13.1. The topological polar surface area (TPSA) is 72.5 Å². The van der Waals surface area contributed by atoms with Gasteiger partial charge < -0.3 is 10.1 Å². The van der Waals surface area contributed by atoms with Crippen LogP contribution in [0.3, 0.4) is 0 Å². The molecule has 1 fully saturated rings. The fraction of sp³-hybridized carbons (Fsp3) is 0.462. The van der Waals surface area contributed by atoms with Crippen molar-refractivity contribution in [3.63, 3.8) is 0 Å². The number of benzene rings is 1. The molecule has 0 aromatic heterocycles. The van der Waals surface area contributed by atoms with Crippen molar-refractivity contribution in [3.8, 4) is 0 Å². The number of ether oxygens (including phenoxy) is 1. The zero-order valence-electron chi connectivity index (χ0n) is 11.5. The molecule has 2 rings (SSSR count). The third kappa shape index (κ3) is 3.53. The van der Waals surface area contributed by atoms with E-state index in [-0.39, 0.29) is 23.3 Å². The van der Waals surface area contributed by atoms with Gasteiger partial charge in [-0.15, -0.1) is 0 Å². The Labute approximate surface area is 126 Å². The van der Waals surface area contributed by atoms with Crippen LogP contribution in [0.15, 0.2) is 17.0 Å². The molecule has 1 aromatic rings. The molecule has 0 saturated carbocycles. The maximum Gasteiger partial charge on any atom is 0.261 e. The van der Waals surface area contributed by atoms with Crippen molar-refractivity contribution in [1.82, 2.24) is 5.32 Å². The molecule has 0 spiro atoms. The van der Waals surface area contributed by atoms with Gasteiger partial charge in [0.25, 0.3) is 15.0 Å². The second kappa shape index (κ2) is 5.90. The number of amides is 1. The maximum atomic E-state index is 13.6. The highest BCUT2D eigenvalue weighted by atomic mass is 35.7. The van der Waals surface area contributed by atoms with Gasteiger partial charge in [-0.3, -0.25) is 4.79 Å². The van der Waals surface area contributed by atoms with Gasteiger partial charge in [-0.2, -0.15) is 0 Å². The summed E-state index contributed by atoms with van der Waals surface area (Å²) in [7, 11) is 1.14. The van der Waals surface area contributed by atoms with Gasteiger partial charge in [0.05, 0.1) is 17.0 Å². The number of carbonyl (C=O) groups excluding carboxylic acids is 1. The van der Waals surface area contributed by atoms with E-state index in [9.17, 15) is 17.6 Å². The van der Waals surface area contributed by atoms with Crippen LogP contribution in [0.4, 0.5) is 4.39 Å². The first-order valence-electron chi connectivity index (χ1n) is 6.37. The lowest BCUT2D eigenvalue weighted by Gasteiger charge is -2.17. The maximum absolute atomic E-state index is 13.6. The molecule has 0 bridgehead atoms. The Bertz CT molecular complexity index is 677. The molecule has 5 nitrogen and oxygen atoms in total. The average Bonchev–Trinajstić information content (AvgIpc) is 2.76. The van der Waals surface area contributed by atoms with E-state index in [1.54, 1.807) is 0 Å². The van der Waals surface area contributed by atoms with E-state index in [2.05, 4.69) is 5.32 Å². The van der Waals surface area contributed by atoms with Crippen molar-refractivity contribution in [2.75, 3.05) is 6.61 Å². The fourth-order valence-corrected chi connectivity index (χ4v) is 3.52. The molecule has 1 N–H and O–H groups in total. The van der Waals surface area contributed by atoms with Gasteiger partial charge in [0.2, 0.25) is 0 Å². The molecule has 21 heavy (non-hydrogen) atoms. The Morgan fingerprint density at radius 1 is 1.48 bits per heavy atom. The largest absolute Gasteiger partial charge is 0.376 e. The third-order valence-corrected chi connectivity index (χ3v) is 4.97. The van der Waals surface area contributed by atoms with Crippen molar-refractivity contribution in [3.05, 3.63) is 29.1 Å². The normalized spacial score (nSPS) is 22.3. The summed E-state index contributed by atoms with van der Waals surface area (Å²) in [6.45, 7) is 3.78. The molecule has 1 amide bonds. The van der Waals surface area contributed by atoms with Crippen LogP contribution in [-0.2, 0) is 13.8 Å². The number of halogens is 2. The minimum Gasteiger partial charge on any atom is -0.376 e. The lowest BCUT2D eigenvalue weighted by Crippen LogP contribution is -2.39. The molecule has 1 aliphatic heterocycles. The predicted octanol–water partition coefficient (Wildman–Crippen LogP) is 1.97. The van der Waals surface area contributed by atoms with Crippen molar-refractivity contribution < 1.29 is 22.3 Å². The van der Waals surface area contributed by atoms with E-state index in [1.807, 2.05) is 6.92 Å². The molecule has 2 atom stereocenters. The van der Waals surface area contributed by atoms with Gasteiger partial charge in [-0.05, 0) is 38.0 Å². The first-order valence-corrected chi connectivity index (χ1v) is 8.68. The van der Waals surface area contributed by atoms with Gasteiger partial charge in [0.15, 0.2) is 0 Å². The lowest BCUT2D eigenvalue weighted by molar-refractivity contribution is 0.0865. The number of hydrogen-bond acceptors (Lipinski definition) is 4. The lowest BCUT2D eigenvalue weighted by atomic mass is 10.1. The van der Waals surface area contributed by atoms with Gasteiger partial charge in [-0.25, -0.2) is 12.8 Å². The molecule has 0 radical (unpaired) electrons. The van der Waals surface area contributed by atoms with Crippen molar-refractivity contribution in [2.24, 2.45) is 0 Å². The van der Waals surface area contributed by atoms with Crippen molar-refractivity contribution in [1.29, 1.82) is 0 Å². The predicted molar refractivity (Wildman–Crippen MR) is 75.5 cm³/mol. The van der Waals surface area contributed by atoms with E-state index >= 15 is 0 Å². The quantitative estimate of drug-likeness (QED) is 0.857. The monoisotopic (exact) mass is 335 g/mol. The number of hydrogen-bond donors (Lipinski definition) is 1. The van der Waals surface area contributed by atoms with Crippen molar-refractivity contribution >= 4 is 25.6 Å². The van der Waals surface area contributed by atoms with Gasteiger partial charge in [-0.1, -0.05) is 0 Å². The first kappa shape index (κ1) is 16.2. The van der Waals surface area contributed by atoms with Crippen LogP contribution >= 0.6 is 10.7 Å². The van der Waals surface area contributed by atoms with Crippen molar-refractivity contribution in [2.45, 2.75) is 37.3 Å². The zero-order chi connectivity index (χ0) is 15.8. The minimum atomic E-state index is -4.12. The molecule has 8 heteroatoms. The molecule has 2 unspecified atom stereocenters. The Kier molecular flexibility index (Phi) is 4.55. The summed E-state index contributed by atoms with van der Waals surface area (Å²) in [6, 6.07) is 1.61. The molecule has 116 valence electrons. The number of nitrogens with one attached hydrogen (secondary N) is 1. The second-order valence-electron chi connectivity index (χ2n) is 4.96. The van der Waals surface area contributed by atoms with E-state index in [0.717, 1.165) is 12.1 Å². The molecule has 1 heterocycles. The van der Waals surface area contributed by atoms with Crippen LogP contribution in [0, 0.1) is 12.7 Å². The smallest absolute Gasteiger partial charge is 0.261 e. The standard InChI is InChI=1S/C13H15ClFNO4S/c1-7-10(5-9(15)6-12(7)21(14,18)19)13(17)16-11-3-4-20-8(11)2/h5-6,8,11H,3-4H2,1-2H3,(H,16,17). The summed E-state index contributed by atoms with van der Waals surface area (Å²) in [5.74, 6) is -1.38. The van der Waals surface area contributed by atoms with Gasteiger partial charge >= 0.3 is 0 Å². The summed E-state index contributed by atoms with van der Waals surface area (Å²) in [5, 5.41) is 2.72. The van der Waals surface area contributed by atoms with Crippen LogP contribution < -0.4 is 5.32 Å². The SMILES string of the molecule is Cc1c(C(=O)NC2CCOC2C)cc(F)cc1S(=O)(=O)Cl. The van der Waals surface area contributed by atoms with Crippen LogP contribution in [-0.4, -0.2) is 33.1 Å². The average molecular weight is 336 g/mol. The fourth-order valence-electron chi connectivity index (χ4n) is 2.31. The molecule has 1 saturated heterocycles. The Hall–Kier alpha value is -1.18. The minimum absolute atomic E-state index is 0.0478. The molecule has 1 aromatic carbocycles. The van der Waals surface area contributed by atoms with E-state index < -0.39 is 25.7 Å². The molecule has 0 aliphatic carbocycles. The van der Waals surface area contributed by atoms with E-state index in [0.29, 0.717) is 13.0 Å². The van der Waals surface area contributed by atoms with Crippen LogP contribution in [0.25, 0.3) is 0 Å².